The number of rotatable bonds is 5. The van der Waals surface area contributed by atoms with Crippen LogP contribution in [0.15, 0.2) is 30.5 Å². The summed E-state index contributed by atoms with van der Waals surface area (Å²) in [7, 11) is 0. The molecule has 1 aromatic heterocycles. The highest BCUT2D eigenvalue weighted by Gasteiger charge is 2.12. The SMILES string of the molecule is CC(CCNC(=O)c1cnc2ccccc2n1)C(=O)O. The molecule has 0 aliphatic heterocycles. The Morgan fingerprint density at radius 1 is 1.30 bits per heavy atom. The molecule has 0 fully saturated rings. The van der Waals surface area contributed by atoms with Gasteiger partial charge >= 0.3 is 5.97 Å². The third-order valence-electron chi connectivity index (χ3n) is 2.97. The van der Waals surface area contributed by atoms with Gasteiger partial charge in [0.2, 0.25) is 0 Å². The van der Waals surface area contributed by atoms with Gasteiger partial charge in [0.1, 0.15) is 5.69 Å². The van der Waals surface area contributed by atoms with Gasteiger partial charge in [0, 0.05) is 6.54 Å². The van der Waals surface area contributed by atoms with Crippen molar-refractivity contribution in [2.75, 3.05) is 6.54 Å². The topological polar surface area (TPSA) is 92.2 Å². The molecule has 2 aromatic rings. The molecule has 0 saturated heterocycles. The van der Waals surface area contributed by atoms with E-state index in [1.54, 1.807) is 13.0 Å². The number of amides is 1. The van der Waals surface area contributed by atoms with Crippen molar-refractivity contribution in [1.82, 2.24) is 15.3 Å². The summed E-state index contributed by atoms with van der Waals surface area (Å²) in [6.07, 6.45) is 1.79. The van der Waals surface area contributed by atoms with Crippen LogP contribution < -0.4 is 5.32 Å². The Morgan fingerprint density at radius 2 is 2.00 bits per heavy atom. The molecule has 20 heavy (non-hydrogen) atoms. The van der Waals surface area contributed by atoms with Crippen LogP contribution in [-0.2, 0) is 4.79 Å². The average molecular weight is 273 g/mol. The van der Waals surface area contributed by atoms with E-state index in [0.29, 0.717) is 18.5 Å². The maximum absolute atomic E-state index is 11.9. The molecule has 1 aromatic carbocycles. The van der Waals surface area contributed by atoms with Gasteiger partial charge in [0.15, 0.2) is 0 Å². The van der Waals surface area contributed by atoms with Gasteiger partial charge in [0.25, 0.3) is 5.91 Å². The first-order chi connectivity index (χ1) is 9.58. The van der Waals surface area contributed by atoms with Gasteiger partial charge in [-0.25, -0.2) is 4.98 Å². The highest BCUT2D eigenvalue weighted by molar-refractivity contribution is 5.93. The lowest BCUT2D eigenvalue weighted by Gasteiger charge is -2.07. The number of aliphatic carboxylic acids is 1. The van der Waals surface area contributed by atoms with Gasteiger partial charge in [-0.15, -0.1) is 0 Å². The normalized spacial score (nSPS) is 12.1. The number of aromatic nitrogens is 2. The quantitative estimate of drug-likeness (QED) is 0.860. The van der Waals surface area contributed by atoms with E-state index < -0.39 is 11.9 Å². The molecule has 1 atom stereocenters. The summed E-state index contributed by atoms with van der Waals surface area (Å²) in [6.45, 7) is 1.89. The number of benzene rings is 1. The predicted molar refractivity (Wildman–Crippen MR) is 73.3 cm³/mol. The zero-order valence-electron chi connectivity index (χ0n) is 11.0. The average Bonchev–Trinajstić information content (AvgIpc) is 2.46. The molecule has 104 valence electrons. The zero-order valence-corrected chi connectivity index (χ0v) is 11.0. The molecule has 2 rings (SSSR count). The van der Waals surface area contributed by atoms with E-state index in [2.05, 4.69) is 15.3 Å². The fourth-order valence-corrected chi connectivity index (χ4v) is 1.68. The molecule has 0 aliphatic carbocycles. The van der Waals surface area contributed by atoms with Crippen LogP contribution in [-0.4, -0.2) is 33.5 Å². The Kier molecular flexibility index (Phi) is 4.24. The van der Waals surface area contributed by atoms with Crippen LogP contribution in [0.4, 0.5) is 0 Å². The molecule has 0 radical (unpaired) electrons. The molecule has 1 heterocycles. The third kappa shape index (κ3) is 3.28. The lowest BCUT2D eigenvalue weighted by Crippen LogP contribution is -2.27. The van der Waals surface area contributed by atoms with Crippen LogP contribution in [0.3, 0.4) is 0 Å². The largest absolute Gasteiger partial charge is 0.481 e. The fourth-order valence-electron chi connectivity index (χ4n) is 1.68. The Morgan fingerprint density at radius 3 is 2.70 bits per heavy atom. The number of fused-ring (bicyclic) bond motifs is 1. The molecular weight excluding hydrogens is 258 g/mol. The van der Waals surface area contributed by atoms with Crippen molar-refractivity contribution in [1.29, 1.82) is 0 Å². The van der Waals surface area contributed by atoms with E-state index in [4.69, 9.17) is 5.11 Å². The summed E-state index contributed by atoms with van der Waals surface area (Å²) < 4.78 is 0. The first-order valence-corrected chi connectivity index (χ1v) is 6.30. The molecule has 1 amide bonds. The van der Waals surface area contributed by atoms with Crippen LogP contribution in [0.25, 0.3) is 11.0 Å². The van der Waals surface area contributed by atoms with Crippen molar-refractivity contribution in [2.24, 2.45) is 5.92 Å². The number of carboxylic acids is 1. The second-order valence-electron chi connectivity index (χ2n) is 4.53. The number of carbonyl (C=O) groups excluding carboxylic acids is 1. The van der Waals surface area contributed by atoms with E-state index in [9.17, 15) is 9.59 Å². The van der Waals surface area contributed by atoms with Crippen molar-refractivity contribution in [3.8, 4) is 0 Å². The highest BCUT2D eigenvalue weighted by Crippen LogP contribution is 2.08. The van der Waals surface area contributed by atoms with Crippen LogP contribution in [0, 0.1) is 5.92 Å². The summed E-state index contributed by atoms with van der Waals surface area (Å²) >= 11 is 0. The number of hydrogen-bond acceptors (Lipinski definition) is 4. The summed E-state index contributed by atoms with van der Waals surface area (Å²) in [6, 6.07) is 7.28. The monoisotopic (exact) mass is 273 g/mol. The first-order valence-electron chi connectivity index (χ1n) is 6.30. The predicted octanol–water partition coefficient (Wildman–Crippen LogP) is 1.47. The van der Waals surface area contributed by atoms with Crippen LogP contribution in [0.5, 0.6) is 0 Å². The molecule has 2 N–H and O–H groups in total. The maximum Gasteiger partial charge on any atom is 0.306 e. The Balaban J connectivity index is 1.99. The van der Waals surface area contributed by atoms with Crippen molar-refractivity contribution in [3.63, 3.8) is 0 Å². The minimum atomic E-state index is -0.871. The summed E-state index contributed by atoms with van der Waals surface area (Å²) in [5.74, 6) is -1.71. The minimum Gasteiger partial charge on any atom is -0.481 e. The first kappa shape index (κ1) is 13.9. The van der Waals surface area contributed by atoms with Crippen molar-refractivity contribution < 1.29 is 14.7 Å². The van der Waals surface area contributed by atoms with Gasteiger partial charge in [0.05, 0.1) is 23.1 Å². The van der Waals surface area contributed by atoms with Gasteiger partial charge in [-0.1, -0.05) is 19.1 Å². The van der Waals surface area contributed by atoms with E-state index in [1.165, 1.54) is 6.20 Å². The number of para-hydroxylation sites is 2. The number of carbonyl (C=O) groups is 2. The zero-order chi connectivity index (χ0) is 14.5. The molecule has 0 saturated carbocycles. The van der Waals surface area contributed by atoms with Crippen LogP contribution >= 0.6 is 0 Å². The Bertz CT molecular complexity index is 642. The molecule has 6 nitrogen and oxygen atoms in total. The molecule has 0 aliphatic rings. The number of nitrogens with one attached hydrogen (secondary N) is 1. The molecule has 0 spiro atoms. The van der Waals surface area contributed by atoms with E-state index in [-0.39, 0.29) is 11.6 Å². The second kappa shape index (κ2) is 6.10. The van der Waals surface area contributed by atoms with Crippen LogP contribution in [0.1, 0.15) is 23.8 Å². The highest BCUT2D eigenvalue weighted by atomic mass is 16.4. The molecular formula is C14H15N3O3. The molecule has 1 unspecified atom stereocenters. The number of hydrogen-bond donors (Lipinski definition) is 2. The molecule has 6 heteroatoms. The third-order valence-corrected chi connectivity index (χ3v) is 2.97. The van der Waals surface area contributed by atoms with E-state index >= 15 is 0 Å². The van der Waals surface area contributed by atoms with Gasteiger partial charge < -0.3 is 10.4 Å². The molecule has 0 bridgehead atoms. The summed E-state index contributed by atoms with van der Waals surface area (Å²) in [4.78, 5) is 30.9. The lowest BCUT2D eigenvalue weighted by atomic mass is 10.1. The standard InChI is InChI=1S/C14H15N3O3/c1-9(14(19)20)6-7-15-13(18)12-8-16-10-4-2-3-5-11(10)17-12/h2-5,8-9H,6-7H2,1H3,(H,15,18)(H,19,20). The Labute approximate surface area is 115 Å². The second-order valence-corrected chi connectivity index (χ2v) is 4.53. The van der Waals surface area contributed by atoms with Crippen molar-refractivity contribution in [3.05, 3.63) is 36.2 Å². The fraction of sp³-hybridized carbons (Fsp3) is 0.286. The van der Waals surface area contributed by atoms with Crippen LogP contribution in [0.2, 0.25) is 0 Å². The van der Waals surface area contributed by atoms with E-state index in [0.717, 1.165) is 5.52 Å². The van der Waals surface area contributed by atoms with Crippen molar-refractivity contribution >= 4 is 22.9 Å². The van der Waals surface area contributed by atoms with E-state index in [1.807, 2.05) is 18.2 Å². The maximum atomic E-state index is 11.9. The summed E-state index contributed by atoms with van der Waals surface area (Å²) in [5, 5.41) is 11.4. The smallest absolute Gasteiger partial charge is 0.306 e. The van der Waals surface area contributed by atoms with Gasteiger partial charge in [-0.2, -0.15) is 0 Å². The van der Waals surface area contributed by atoms with Gasteiger partial charge in [-0.3, -0.25) is 14.6 Å². The minimum absolute atomic E-state index is 0.228. The summed E-state index contributed by atoms with van der Waals surface area (Å²) in [5.41, 5.74) is 1.61. The van der Waals surface area contributed by atoms with Gasteiger partial charge in [-0.05, 0) is 18.6 Å². The van der Waals surface area contributed by atoms with Crippen molar-refractivity contribution in [2.45, 2.75) is 13.3 Å². The lowest BCUT2D eigenvalue weighted by molar-refractivity contribution is -0.141. The number of carboxylic acid groups (broad SMARTS) is 1. The Hall–Kier alpha value is -2.50. The number of nitrogens with zero attached hydrogens (tertiary/aromatic N) is 2.